The van der Waals surface area contributed by atoms with E-state index < -0.39 is 0 Å². The van der Waals surface area contributed by atoms with E-state index >= 15 is 0 Å². The molecule has 3 rings (SSSR count). The highest BCUT2D eigenvalue weighted by Gasteiger charge is 2.32. The second kappa shape index (κ2) is 7.98. The molecule has 1 aliphatic heterocycles. The Morgan fingerprint density at radius 1 is 1.18 bits per heavy atom. The smallest absolute Gasteiger partial charge is 0.223 e. The zero-order valence-corrected chi connectivity index (χ0v) is 14.1. The van der Waals surface area contributed by atoms with Gasteiger partial charge in [-0.2, -0.15) is 0 Å². The molecule has 22 heavy (non-hydrogen) atoms. The summed E-state index contributed by atoms with van der Waals surface area (Å²) < 4.78 is 0. The van der Waals surface area contributed by atoms with Crippen LogP contribution in [-0.2, 0) is 4.79 Å². The molecule has 2 N–H and O–H groups in total. The van der Waals surface area contributed by atoms with Crippen LogP contribution in [0.3, 0.4) is 0 Å². The molecule has 4 heteroatoms. The number of carbonyl (C=O) groups excluding carboxylic acids is 1. The van der Waals surface area contributed by atoms with Gasteiger partial charge in [0.05, 0.1) is 0 Å². The molecule has 2 fully saturated rings. The summed E-state index contributed by atoms with van der Waals surface area (Å²) in [7, 11) is 0. The van der Waals surface area contributed by atoms with Gasteiger partial charge in [-0.1, -0.05) is 50.1 Å². The average Bonchev–Trinajstić information content (AvgIpc) is 2.47. The first-order valence-electron chi connectivity index (χ1n) is 8.31. The third kappa shape index (κ3) is 3.82. The average molecular weight is 323 g/mol. The quantitative estimate of drug-likeness (QED) is 0.894. The lowest BCUT2D eigenvalue weighted by Crippen LogP contribution is -2.52. The van der Waals surface area contributed by atoms with E-state index in [1.54, 1.807) is 0 Å². The van der Waals surface area contributed by atoms with Crippen LogP contribution in [0.1, 0.15) is 44.1 Å². The van der Waals surface area contributed by atoms with Gasteiger partial charge >= 0.3 is 0 Å². The van der Waals surface area contributed by atoms with Gasteiger partial charge in [0, 0.05) is 17.9 Å². The minimum Gasteiger partial charge on any atom is -0.353 e. The number of rotatable bonds is 4. The van der Waals surface area contributed by atoms with Gasteiger partial charge in [0.15, 0.2) is 0 Å². The van der Waals surface area contributed by atoms with Crippen molar-refractivity contribution in [2.24, 2.45) is 11.8 Å². The highest BCUT2D eigenvalue weighted by Crippen LogP contribution is 2.33. The highest BCUT2D eigenvalue weighted by atomic mass is 35.5. The minimum absolute atomic E-state index is 0. The van der Waals surface area contributed by atoms with Gasteiger partial charge in [-0.25, -0.2) is 0 Å². The lowest BCUT2D eigenvalue weighted by Gasteiger charge is -2.36. The SMILES string of the molecule is CC(C(=O)NC1CCCCC1c1ccccc1)C1CNC1.Cl. The number of benzene rings is 1. The molecule has 3 nitrogen and oxygen atoms in total. The van der Waals surface area contributed by atoms with E-state index in [2.05, 4.69) is 47.9 Å². The van der Waals surface area contributed by atoms with Gasteiger partial charge in [-0.05, 0) is 37.4 Å². The molecule has 1 aromatic carbocycles. The maximum absolute atomic E-state index is 12.5. The summed E-state index contributed by atoms with van der Waals surface area (Å²) in [5.74, 6) is 1.37. The van der Waals surface area contributed by atoms with Crippen molar-refractivity contribution in [3.05, 3.63) is 35.9 Å². The third-order valence-corrected chi connectivity index (χ3v) is 5.26. The topological polar surface area (TPSA) is 41.1 Å². The van der Waals surface area contributed by atoms with Crippen LogP contribution in [0.15, 0.2) is 30.3 Å². The van der Waals surface area contributed by atoms with Crippen molar-refractivity contribution >= 4 is 18.3 Å². The number of halogens is 1. The second-order valence-electron chi connectivity index (χ2n) is 6.62. The number of hydrogen-bond acceptors (Lipinski definition) is 2. The zero-order chi connectivity index (χ0) is 14.7. The molecule has 1 amide bonds. The summed E-state index contributed by atoms with van der Waals surface area (Å²) >= 11 is 0. The molecule has 3 unspecified atom stereocenters. The van der Waals surface area contributed by atoms with Crippen molar-refractivity contribution in [1.82, 2.24) is 10.6 Å². The number of hydrogen-bond donors (Lipinski definition) is 2. The van der Waals surface area contributed by atoms with Crippen LogP contribution >= 0.6 is 12.4 Å². The Kier molecular flexibility index (Phi) is 6.27. The molecule has 0 bridgehead atoms. The normalized spacial score (nSPS) is 26.4. The molecule has 1 saturated heterocycles. The Bertz CT molecular complexity index is 475. The predicted molar refractivity (Wildman–Crippen MR) is 92.4 cm³/mol. The van der Waals surface area contributed by atoms with Crippen LogP contribution in [0.5, 0.6) is 0 Å². The van der Waals surface area contributed by atoms with Gasteiger partial charge in [-0.15, -0.1) is 12.4 Å². The fourth-order valence-corrected chi connectivity index (χ4v) is 3.60. The van der Waals surface area contributed by atoms with Crippen LogP contribution in [0.25, 0.3) is 0 Å². The van der Waals surface area contributed by atoms with Crippen LogP contribution in [0, 0.1) is 11.8 Å². The Balaban J connectivity index is 0.00000176. The van der Waals surface area contributed by atoms with E-state index in [0.717, 1.165) is 19.5 Å². The van der Waals surface area contributed by atoms with Crippen LogP contribution in [-0.4, -0.2) is 25.0 Å². The first kappa shape index (κ1) is 17.3. The fraction of sp³-hybridized carbons (Fsp3) is 0.611. The lowest BCUT2D eigenvalue weighted by atomic mass is 9.79. The minimum atomic E-state index is 0. The Hall–Kier alpha value is -1.06. The van der Waals surface area contributed by atoms with Gasteiger partial charge < -0.3 is 10.6 Å². The molecule has 0 aromatic heterocycles. The monoisotopic (exact) mass is 322 g/mol. The maximum atomic E-state index is 12.5. The van der Waals surface area contributed by atoms with Gasteiger partial charge in [-0.3, -0.25) is 4.79 Å². The second-order valence-corrected chi connectivity index (χ2v) is 6.62. The van der Waals surface area contributed by atoms with Crippen molar-refractivity contribution in [3.8, 4) is 0 Å². The van der Waals surface area contributed by atoms with Crippen molar-refractivity contribution < 1.29 is 4.79 Å². The molecule has 122 valence electrons. The van der Waals surface area contributed by atoms with Crippen molar-refractivity contribution in [3.63, 3.8) is 0 Å². The highest BCUT2D eigenvalue weighted by molar-refractivity contribution is 5.85. The molecule has 1 saturated carbocycles. The Morgan fingerprint density at radius 2 is 1.86 bits per heavy atom. The summed E-state index contributed by atoms with van der Waals surface area (Å²) in [4.78, 5) is 12.5. The van der Waals surface area contributed by atoms with E-state index in [4.69, 9.17) is 0 Å². The summed E-state index contributed by atoms with van der Waals surface area (Å²) in [6, 6.07) is 11.0. The number of amides is 1. The number of nitrogens with one attached hydrogen (secondary N) is 2. The van der Waals surface area contributed by atoms with E-state index in [1.165, 1.54) is 24.8 Å². The molecular formula is C18H27ClN2O. The summed E-state index contributed by atoms with van der Waals surface area (Å²) in [6.07, 6.45) is 4.80. The summed E-state index contributed by atoms with van der Waals surface area (Å²) in [5.41, 5.74) is 1.38. The Morgan fingerprint density at radius 3 is 2.50 bits per heavy atom. The molecule has 2 aliphatic rings. The zero-order valence-electron chi connectivity index (χ0n) is 13.3. The lowest BCUT2D eigenvalue weighted by molar-refractivity contribution is -0.127. The molecular weight excluding hydrogens is 296 g/mol. The number of carbonyl (C=O) groups is 1. The largest absolute Gasteiger partial charge is 0.353 e. The van der Waals surface area contributed by atoms with Crippen molar-refractivity contribution in [2.75, 3.05) is 13.1 Å². The molecule has 1 heterocycles. The van der Waals surface area contributed by atoms with E-state index in [-0.39, 0.29) is 24.2 Å². The predicted octanol–water partition coefficient (Wildman–Crippen LogP) is 3.11. The van der Waals surface area contributed by atoms with Gasteiger partial charge in [0.2, 0.25) is 5.91 Å². The third-order valence-electron chi connectivity index (χ3n) is 5.26. The Labute approximate surface area is 139 Å². The first-order valence-corrected chi connectivity index (χ1v) is 8.31. The summed E-state index contributed by atoms with van der Waals surface area (Å²) in [6.45, 7) is 4.05. The van der Waals surface area contributed by atoms with Crippen LogP contribution in [0.2, 0.25) is 0 Å². The van der Waals surface area contributed by atoms with E-state index in [1.807, 2.05) is 0 Å². The van der Waals surface area contributed by atoms with E-state index in [9.17, 15) is 4.79 Å². The first-order chi connectivity index (χ1) is 10.3. The molecule has 1 aliphatic carbocycles. The van der Waals surface area contributed by atoms with Crippen LogP contribution in [0.4, 0.5) is 0 Å². The van der Waals surface area contributed by atoms with Gasteiger partial charge in [0.1, 0.15) is 0 Å². The molecule has 3 atom stereocenters. The molecule has 0 radical (unpaired) electrons. The molecule has 1 aromatic rings. The standard InChI is InChI=1S/C18H26N2O.ClH/c1-13(15-11-19-12-15)18(21)20-17-10-6-5-9-16(17)14-7-3-2-4-8-14;/h2-4,7-8,13,15-17,19H,5-6,9-12H2,1H3,(H,20,21);1H. The molecule has 0 spiro atoms. The fourth-order valence-electron chi connectivity index (χ4n) is 3.60. The van der Waals surface area contributed by atoms with E-state index in [0.29, 0.717) is 17.9 Å². The summed E-state index contributed by atoms with van der Waals surface area (Å²) in [5, 5.41) is 6.60. The van der Waals surface area contributed by atoms with Crippen molar-refractivity contribution in [1.29, 1.82) is 0 Å². The van der Waals surface area contributed by atoms with Gasteiger partial charge in [0.25, 0.3) is 0 Å². The maximum Gasteiger partial charge on any atom is 0.223 e. The van der Waals surface area contributed by atoms with Crippen molar-refractivity contribution in [2.45, 2.75) is 44.6 Å². The van der Waals surface area contributed by atoms with Crippen LogP contribution < -0.4 is 10.6 Å².